The summed E-state index contributed by atoms with van der Waals surface area (Å²) in [7, 11) is 1.48. The number of anilines is 1. The molecule has 1 N–H and O–H groups in total. The van der Waals surface area contributed by atoms with Gasteiger partial charge < -0.3 is 14.8 Å². The lowest BCUT2D eigenvalue weighted by Gasteiger charge is -2.15. The van der Waals surface area contributed by atoms with E-state index in [0.717, 1.165) is 12.1 Å². The Labute approximate surface area is 152 Å². The summed E-state index contributed by atoms with van der Waals surface area (Å²) >= 11 is 1.18. The summed E-state index contributed by atoms with van der Waals surface area (Å²) < 4.78 is 49.0. The monoisotopic (exact) mass is 386 g/mol. The molecule has 0 saturated carbocycles. The van der Waals surface area contributed by atoms with Gasteiger partial charge in [-0.15, -0.1) is 0 Å². The van der Waals surface area contributed by atoms with Gasteiger partial charge in [-0.3, -0.25) is 4.79 Å². The number of carbonyl (C=O) groups is 1. The van der Waals surface area contributed by atoms with Crippen molar-refractivity contribution < 1.29 is 27.4 Å². The maximum Gasteiger partial charge on any atom is 0.416 e. The number of nitrogens with zero attached hydrogens (tertiary/aromatic N) is 1. The predicted molar refractivity (Wildman–Crippen MR) is 92.4 cm³/mol. The Kier molecular flexibility index (Phi) is 7.28. The van der Waals surface area contributed by atoms with Crippen molar-refractivity contribution in [3.63, 3.8) is 0 Å². The molecule has 1 heterocycles. The Hall–Kier alpha value is -2.26. The van der Waals surface area contributed by atoms with E-state index in [0.29, 0.717) is 5.03 Å². The van der Waals surface area contributed by atoms with Crippen LogP contribution in [0, 0.1) is 0 Å². The smallest absolute Gasteiger partial charge is 0.416 e. The molecule has 9 heteroatoms. The minimum absolute atomic E-state index is 0.00473. The summed E-state index contributed by atoms with van der Waals surface area (Å²) in [4.78, 5) is 16.2. The molecule has 5 nitrogen and oxygen atoms in total. The minimum atomic E-state index is -4.52. The lowest BCUT2D eigenvalue weighted by molar-refractivity contribution is -0.137. The number of hydrogen-bond donors (Lipinski definition) is 1. The molecule has 1 aromatic carbocycles. The molecule has 0 aliphatic carbocycles. The van der Waals surface area contributed by atoms with Crippen molar-refractivity contribution in [2.45, 2.75) is 11.2 Å². The van der Waals surface area contributed by atoms with Crippen molar-refractivity contribution in [2.75, 3.05) is 31.4 Å². The quantitative estimate of drug-likeness (QED) is 0.552. The van der Waals surface area contributed by atoms with Crippen LogP contribution in [0.2, 0.25) is 0 Å². The van der Waals surface area contributed by atoms with Crippen LogP contribution in [-0.2, 0) is 15.7 Å². The number of halogens is 3. The fourth-order valence-electron chi connectivity index (χ4n) is 1.92. The summed E-state index contributed by atoms with van der Waals surface area (Å²) in [6.07, 6.45) is -2.93. The Morgan fingerprint density at radius 1 is 1.23 bits per heavy atom. The number of aromatic nitrogens is 1. The highest BCUT2D eigenvalue weighted by atomic mass is 32.2. The van der Waals surface area contributed by atoms with Crippen LogP contribution in [0.1, 0.15) is 5.56 Å². The summed E-state index contributed by atoms with van der Waals surface area (Å²) in [6, 6.07) is 8.20. The summed E-state index contributed by atoms with van der Waals surface area (Å²) in [6.45, 7) is 0.414. The van der Waals surface area contributed by atoms with Crippen LogP contribution in [0.3, 0.4) is 0 Å². The van der Waals surface area contributed by atoms with Crippen LogP contribution in [-0.4, -0.2) is 37.0 Å². The topological polar surface area (TPSA) is 60.5 Å². The van der Waals surface area contributed by atoms with Crippen LogP contribution in [0.25, 0.3) is 0 Å². The first-order valence-electron chi connectivity index (χ1n) is 7.57. The van der Waals surface area contributed by atoms with Crippen molar-refractivity contribution in [1.29, 1.82) is 0 Å². The van der Waals surface area contributed by atoms with E-state index in [-0.39, 0.29) is 30.4 Å². The fourth-order valence-corrected chi connectivity index (χ4v) is 2.58. The zero-order chi connectivity index (χ0) is 19.0. The molecule has 0 aliphatic rings. The number of rotatable bonds is 8. The molecule has 140 valence electrons. The van der Waals surface area contributed by atoms with E-state index in [4.69, 9.17) is 9.47 Å². The van der Waals surface area contributed by atoms with Gasteiger partial charge in [0.25, 0.3) is 0 Å². The second-order valence-electron chi connectivity index (χ2n) is 5.05. The second-order valence-corrected chi connectivity index (χ2v) is 6.05. The van der Waals surface area contributed by atoms with Crippen molar-refractivity contribution >= 4 is 23.4 Å². The van der Waals surface area contributed by atoms with Crippen LogP contribution in [0.15, 0.2) is 47.6 Å². The zero-order valence-corrected chi connectivity index (χ0v) is 14.7. The van der Waals surface area contributed by atoms with E-state index in [1.54, 1.807) is 24.4 Å². The minimum Gasteiger partial charge on any atom is -0.489 e. The van der Waals surface area contributed by atoms with Gasteiger partial charge in [-0.05, 0) is 30.3 Å². The Bertz CT molecular complexity index is 727. The maximum absolute atomic E-state index is 12.9. The molecule has 0 unspecified atom stereocenters. The summed E-state index contributed by atoms with van der Waals surface area (Å²) in [5.74, 6) is -0.312. The van der Waals surface area contributed by atoms with E-state index >= 15 is 0 Å². The Morgan fingerprint density at radius 3 is 2.69 bits per heavy atom. The van der Waals surface area contributed by atoms with Crippen molar-refractivity contribution in [3.8, 4) is 5.75 Å². The second kappa shape index (κ2) is 9.44. The normalized spacial score (nSPS) is 11.2. The third-order valence-corrected chi connectivity index (χ3v) is 4.06. The molecule has 0 radical (unpaired) electrons. The number of ether oxygens (including phenoxy) is 2. The molecule has 0 atom stereocenters. The average Bonchev–Trinajstić information content (AvgIpc) is 2.61. The summed E-state index contributed by atoms with van der Waals surface area (Å²) in [5.41, 5.74) is -0.910. The summed E-state index contributed by atoms with van der Waals surface area (Å²) in [5, 5.41) is 3.11. The van der Waals surface area contributed by atoms with E-state index in [2.05, 4.69) is 10.3 Å². The highest BCUT2D eigenvalue weighted by molar-refractivity contribution is 7.99. The van der Waals surface area contributed by atoms with Gasteiger partial charge in [-0.1, -0.05) is 17.8 Å². The molecule has 0 fully saturated rings. The standard InChI is InChI=1S/C17H17F3N2O3S/c1-24-8-9-25-14-6-5-12(17(18,19)20)10-13(14)22-15(23)11-26-16-4-2-3-7-21-16/h2-7,10H,8-9,11H2,1H3,(H,22,23). The molecule has 2 aromatic rings. The molecule has 2 rings (SSSR count). The van der Waals surface area contributed by atoms with Gasteiger partial charge in [0, 0.05) is 13.3 Å². The molecule has 26 heavy (non-hydrogen) atoms. The first kappa shape index (κ1) is 20.1. The first-order valence-corrected chi connectivity index (χ1v) is 8.55. The number of hydrogen-bond acceptors (Lipinski definition) is 5. The number of benzene rings is 1. The van der Waals surface area contributed by atoms with Crippen molar-refractivity contribution in [1.82, 2.24) is 4.98 Å². The molecule has 1 aromatic heterocycles. The van der Waals surface area contributed by atoms with E-state index < -0.39 is 17.6 Å². The molecule has 0 bridgehead atoms. The van der Waals surface area contributed by atoms with Crippen molar-refractivity contribution in [2.24, 2.45) is 0 Å². The van der Waals surface area contributed by atoms with Crippen LogP contribution in [0.4, 0.5) is 18.9 Å². The molecule has 1 amide bonds. The zero-order valence-electron chi connectivity index (χ0n) is 13.9. The highest BCUT2D eigenvalue weighted by Crippen LogP contribution is 2.35. The number of thioether (sulfide) groups is 1. The molecule has 0 saturated heterocycles. The number of amides is 1. The average molecular weight is 386 g/mol. The Morgan fingerprint density at radius 2 is 2.04 bits per heavy atom. The van der Waals surface area contributed by atoms with Gasteiger partial charge in [-0.25, -0.2) is 4.98 Å². The van der Waals surface area contributed by atoms with Crippen LogP contribution >= 0.6 is 11.8 Å². The number of nitrogens with one attached hydrogen (secondary N) is 1. The maximum atomic E-state index is 12.9. The van der Waals surface area contributed by atoms with Gasteiger partial charge in [0.1, 0.15) is 12.4 Å². The van der Waals surface area contributed by atoms with Crippen LogP contribution < -0.4 is 10.1 Å². The van der Waals surface area contributed by atoms with Gasteiger partial charge in [0.05, 0.1) is 28.6 Å². The largest absolute Gasteiger partial charge is 0.489 e. The van der Waals surface area contributed by atoms with Crippen LogP contribution in [0.5, 0.6) is 5.75 Å². The van der Waals surface area contributed by atoms with E-state index in [1.165, 1.54) is 24.9 Å². The highest BCUT2D eigenvalue weighted by Gasteiger charge is 2.31. The number of carbonyl (C=O) groups excluding carboxylic acids is 1. The van der Waals surface area contributed by atoms with E-state index in [9.17, 15) is 18.0 Å². The molecular formula is C17H17F3N2O3S. The van der Waals surface area contributed by atoms with Gasteiger partial charge in [0.2, 0.25) is 5.91 Å². The molecule has 0 aliphatic heterocycles. The van der Waals surface area contributed by atoms with Gasteiger partial charge >= 0.3 is 6.18 Å². The number of methoxy groups -OCH3 is 1. The molecule has 0 spiro atoms. The SMILES string of the molecule is COCCOc1ccc(C(F)(F)F)cc1NC(=O)CSc1ccccn1. The van der Waals surface area contributed by atoms with Gasteiger partial charge in [0.15, 0.2) is 0 Å². The lowest BCUT2D eigenvalue weighted by Crippen LogP contribution is -2.17. The van der Waals surface area contributed by atoms with Crippen molar-refractivity contribution in [3.05, 3.63) is 48.2 Å². The molecular weight excluding hydrogens is 369 g/mol. The van der Waals surface area contributed by atoms with Gasteiger partial charge in [-0.2, -0.15) is 13.2 Å². The third kappa shape index (κ3) is 6.23. The van der Waals surface area contributed by atoms with E-state index in [1.807, 2.05) is 0 Å². The third-order valence-electron chi connectivity index (χ3n) is 3.11. The predicted octanol–water partition coefficient (Wildman–Crippen LogP) is 3.86. The Balaban J connectivity index is 2.09. The number of pyridine rings is 1. The number of alkyl halides is 3. The first-order chi connectivity index (χ1) is 12.4. The lowest BCUT2D eigenvalue weighted by atomic mass is 10.1. The fraction of sp³-hybridized carbons (Fsp3) is 0.294.